The van der Waals surface area contributed by atoms with Gasteiger partial charge in [0, 0.05) is 43.7 Å². The van der Waals surface area contributed by atoms with E-state index in [9.17, 15) is 13.2 Å². The quantitative estimate of drug-likeness (QED) is 0.421. The number of rotatable bonds is 10. The topological polar surface area (TPSA) is 112 Å². The maximum atomic E-state index is 13.2. The fraction of sp³-hybridized carbons (Fsp3) is 0.273. The van der Waals surface area contributed by atoms with E-state index in [1.54, 1.807) is 41.2 Å². The Kier molecular flexibility index (Phi) is 8.09. The summed E-state index contributed by atoms with van der Waals surface area (Å²) in [5, 5.41) is 3.50. The van der Waals surface area contributed by atoms with Crippen molar-refractivity contribution in [3.05, 3.63) is 76.8 Å². The lowest BCUT2D eigenvalue weighted by atomic mass is 10.1. The number of nitrogens with one attached hydrogen (secondary N) is 2. The van der Waals surface area contributed by atoms with Gasteiger partial charge in [-0.05, 0) is 35.9 Å². The molecule has 176 valence electrons. The number of halogens is 1. The third-order valence-electron chi connectivity index (χ3n) is 4.91. The molecule has 33 heavy (non-hydrogen) atoms. The summed E-state index contributed by atoms with van der Waals surface area (Å²) in [7, 11) is 0.721. The number of methoxy groups -OCH3 is 2. The van der Waals surface area contributed by atoms with Crippen molar-refractivity contribution in [2.75, 3.05) is 27.4 Å². The van der Waals surface area contributed by atoms with E-state index in [0.717, 1.165) is 5.56 Å². The lowest BCUT2D eigenvalue weighted by Gasteiger charge is -2.20. The molecule has 1 atom stereocenters. The fourth-order valence-corrected chi connectivity index (χ4v) is 4.54. The summed E-state index contributed by atoms with van der Waals surface area (Å²) in [6.07, 6.45) is 3.41. The fourth-order valence-electron chi connectivity index (χ4n) is 3.21. The molecule has 0 aliphatic rings. The standard InChI is InChI=1S/C22H25ClN4O5S/c1-27-12-10-24-21(27)20(15-4-7-17(23)8-5-15)26-22(28)16-6-9-18(32-3)19(14-16)33(29,30)25-11-13-31-2/h4-10,12,14,20,25H,11,13H2,1-3H3,(H,26,28)/t20-/m0/s1. The van der Waals surface area contributed by atoms with Crippen LogP contribution in [-0.4, -0.2) is 51.2 Å². The molecule has 2 aromatic carbocycles. The number of nitrogens with zero attached hydrogens (tertiary/aromatic N) is 2. The molecule has 3 aromatic rings. The normalized spacial score (nSPS) is 12.4. The Morgan fingerprint density at radius 2 is 1.91 bits per heavy atom. The van der Waals surface area contributed by atoms with Crippen LogP contribution in [0, 0.1) is 0 Å². The van der Waals surface area contributed by atoms with E-state index in [4.69, 9.17) is 21.1 Å². The highest BCUT2D eigenvalue weighted by molar-refractivity contribution is 7.89. The number of amides is 1. The number of hydrogen-bond donors (Lipinski definition) is 2. The summed E-state index contributed by atoms with van der Waals surface area (Å²) in [5.41, 5.74) is 0.917. The van der Waals surface area contributed by atoms with Crippen LogP contribution in [0.4, 0.5) is 0 Å². The summed E-state index contributed by atoms with van der Waals surface area (Å²) >= 11 is 6.02. The minimum atomic E-state index is -3.93. The molecule has 0 bridgehead atoms. The Morgan fingerprint density at radius 1 is 1.18 bits per heavy atom. The monoisotopic (exact) mass is 492 g/mol. The lowest BCUT2D eigenvalue weighted by Crippen LogP contribution is -2.32. The lowest BCUT2D eigenvalue weighted by molar-refractivity contribution is 0.0941. The molecule has 1 heterocycles. The molecule has 0 radical (unpaired) electrons. The van der Waals surface area contributed by atoms with Crippen LogP contribution in [-0.2, 0) is 21.8 Å². The van der Waals surface area contributed by atoms with Crippen LogP contribution < -0.4 is 14.8 Å². The molecular weight excluding hydrogens is 468 g/mol. The van der Waals surface area contributed by atoms with Gasteiger partial charge in [-0.3, -0.25) is 4.79 Å². The number of sulfonamides is 1. The van der Waals surface area contributed by atoms with Gasteiger partial charge >= 0.3 is 0 Å². The minimum Gasteiger partial charge on any atom is -0.495 e. The zero-order valence-corrected chi connectivity index (χ0v) is 20.0. The van der Waals surface area contributed by atoms with Crippen LogP contribution in [0.25, 0.3) is 0 Å². The van der Waals surface area contributed by atoms with Crippen LogP contribution in [0.2, 0.25) is 5.02 Å². The molecule has 0 unspecified atom stereocenters. The summed E-state index contributed by atoms with van der Waals surface area (Å²) in [6.45, 7) is 0.282. The zero-order chi connectivity index (χ0) is 24.0. The third kappa shape index (κ3) is 5.91. The molecule has 0 spiro atoms. The van der Waals surface area contributed by atoms with Crippen molar-refractivity contribution < 1.29 is 22.7 Å². The maximum absolute atomic E-state index is 13.2. The molecule has 3 rings (SSSR count). The molecule has 2 N–H and O–H groups in total. The van der Waals surface area contributed by atoms with Gasteiger partial charge in [-0.1, -0.05) is 23.7 Å². The van der Waals surface area contributed by atoms with E-state index >= 15 is 0 Å². The number of carbonyl (C=O) groups excluding carboxylic acids is 1. The molecule has 0 aliphatic heterocycles. The SMILES string of the molecule is COCCNS(=O)(=O)c1cc(C(=O)N[C@@H](c2ccc(Cl)cc2)c2nccn2C)ccc1OC. The van der Waals surface area contributed by atoms with E-state index in [-0.39, 0.29) is 29.4 Å². The summed E-state index contributed by atoms with van der Waals surface area (Å²) in [4.78, 5) is 17.4. The maximum Gasteiger partial charge on any atom is 0.252 e. The number of aryl methyl sites for hydroxylation is 1. The first-order valence-corrected chi connectivity index (χ1v) is 11.8. The predicted molar refractivity (Wildman–Crippen MR) is 124 cm³/mol. The second kappa shape index (κ2) is 10.8. The van der Waals surface area contributed by atoms with Crippen LogP contribution in [0.15, 0.2) is 59.8 Å². The average Bonchev–Trinajstić information content (AvgIpc) is 3.23. The second-order valence-corrected chi connectivity index (χ2v) is 9.28. The van der Waals surface area contributed by atoms with Gasteiger partial charge in [0.15, 0.2) is 0 Å². The van der Waals surface area contributed by atoms with Crippen molar-refractivity contribution in [3.8, 4) is 5.75 Å². The van der Waals surface area contributed by atoms with Gasteiger partial charge in [0.2, 0.25) is 10.0 Å². The smallest absolute Gasteiger partial charge is 0.252 e. The van der Waals surface area contributed by atoms with Crippen LogP contribution in [0.1, 0.15) is 27.8 Å². The molecule has 9 nitrogen and oxygen atoms in total. The largest absolute Gasteiger partial charge is 0.495 e. The second-order valence-electron chi connectivity index (χ2n) is 7.11. The molecule has 1 amide bonds. The van der Waals surface area contributed by atoms with Gasteiger partial charge in [-0.2, -0.15) is 0 Å². The van der Waals surface area contributed by atoms with Crippen molar-refractivity contribution in [1.82, 2.24) is 19.6 Å². The molecule has 0 aliphatic carbocycles. The van der Waals surface area contributed by atoms with Crippen molar-refractivity contribution in [2.45, 2.75) is 10.9 Å². The first-order valence-electron chi connectivity index (χ1n) is 9.97. The Hall–Kier alpha value is -2.92. The first kappa shape index (κ1) is 24.7. The van der Waals surface area contributed by atoms with E-state index in [1.165, 1.54) is 32.4 Å². The summed E-state index contributed by atoms with van der Waals surface area (Å²) < 4.78 is 39.8. The van der Waals surface area contributed by atoms with Crippen molar-refractivity contribution in [1.29, 1.82) is 0 Å². The number of ether oxygens (including phenoxy) is 2. The highest BCUT2D eigenvalue weighted by Crippen LogP contribution is 2.26. The average molecular weight is 493 g/mol. The number of benzene rings is 2. The van der Waals surface area contributed by atoms with E-state index in [2.05, 4.69) is 15.0 Å². The predicted octanol–water partition coefficient (Wildman–Crippen LogP) is 2.53. The van der Waals surface area contributed by atoms with E-state index in [0.29, 0.717) is 10.8 Å². The van der Waals surface area contributed by atoms with Gasteiger partial charge in [-0.15, -0.1) is 0 Å². The van der Waals surface area contributed by atoms with Crippen LogP contribution in [0.5, 0.6) is 5.75 Å². The first-order chi connectivity index (χ1) is 15.8. The number of carbonyl (C=O) groups is 1. The number of aromatic nitrogens is 2. The Labute approximate surface area is 197 Å². The molecule has 0 fully saturated rings. The van der Waals surface area contributed by atoms with Crippen LogP contribution in [0.3, 0.4) is 0 Å². The van der Waals surface area contributed by atoms with E-state index < -0.39 is 22.0 Å². The van der Waals surface area contributed by atoms with Gasteiger partial charge in [-0.25, -0.2) is 18.1 Å². The third-order valence-corrected chi connectivity index (χ3v) is 6.64. The van der Waals surface area contributed by atoms with Crippen molar-refractivity contribution in [3.63, 3.8) is 0 Å². The molecular formula is C22H25ClN4O5S. The van der Waals surface area contributed by atoms with Gasteiger partial charge < -0.3 is 19.4 Å². The number of hydrogen-bond acceptors (Lipinski definition) is 6. The molecule has 0 saturated carbocycles. The van der Waals surface area contributed by atoms with Gasteiger partial charge in [0.05, 0.1) is 13.7 Å². The van der Waals surface area contributed by atoms with Crippen molar-refractivity contribution in [2.24, 2.45) is 7.05 Å². The molecule has 11 heteroatoms. The molecule has 0 saturated heterocycles. The minimum absolute atomic E-state index is 0.0796. The van der Waals surface area contributed by atoms with Crippen LogP contribution >= 0.6 is 11.6 Å². The van der Waals surface area contributed by atoms with Gasteiger partial charge in [0.1, 0.15) is 22.5 Å². The summed E-state index contributed by atoms with van der Waals surface area (Å²) in [6, 6.07) is 10.7. The van der Waals surface area contributed by atoms with Gasteiger partial charge in [0.25, 0.3) is 5.91 Å². The zero-order valence-electron chi connectivity index (χ0n) is 18.4. The van der Waals surface area contributed by atoms with Crippen molar-refractivity contribution >= 4 is 27.5 Å². The highest BCUT2D eigenvalue weighted by atomic mass is 35.5. The Balaban J connectivity index is 1.94. The Morgan fingerprint density at radius 3 is 2.52 bits per heavy atom. The number of imidazole rings is 1. The van der Waals surface area contributed by atoms with E-state index in [1.807, 2.05) is 7.05 Å². The molecule has 1 aromatic heterocycles. The summed E-state index contributed by atoms with van der Waals surface area (Å²) in [5.74, 6) is 0.247. The Bertz CT molecular complexity index is 1210. The highest BCUT2D eigenvalue weighted by Gasteiger charge is 2.25.